The number of methoxy groups -OCH3 is 1. The van der Waals surface area contributed by atoms with Gasteiger partial charge in [-0.2, -0.15) is 5.26 Å². The molecule has 0 aliphatic heterocycles. The van der Waals surface area contributed by atoms with Crippen LogP contribution in [0.5, 0.6) is 5.88 Å². The number of hydrogen-bond acceptors (Lipinski definition) is 3. The van der Waals surface area contributed by atoms with Crippen molar-refractivity contribution in [2.24, 2.45) is 0 Å². The van der Waals surface area contributed by atoms with Gasteiger partial charge in [0.15, 0.2) is 0 Å². The number of hydrogen-bond donors (Lipinski definition) is 1. The highest BCUT2D eigenvalue weighted by Crippen LogP contribution is 2.38. The average Bonchev–Trinajstić information content (AvgIpc) is 2.92. The first-order valence-electron chi connectivity index (χ1n) is 6.41. The van der Waals surface area contributed by atoms with E-state index in [0.717, 1.165) is 27.6 Å². The molecule has 2 heterocycles. The van der Waals surface area contributed by atoms with Crippen LogP contribution in [0, 0.1) is 11.3 Å². The Morgan fingerprint density at radius 3 is 2.95 bits per heavy atom. The molecule has 0 fully saturated rings. The maximum Gasteiger partial charge on any atom is 0.221 e. The number of pyridine rings is 1. The van der Waals surface area contributed by atoms with Crippen molar-refractivity contribution in [1.82, 2.24) is 9.97 Å². The van der Waals surface area contributed by atoms with E-state index in [1.54, 1.807) is 13.3 Å². The number of benzene rings is 1. The van der Waals surface area contributed by atoms with E-state index in [4.69, 9.17) is 21.6 Å². The van der Waals surface area contributed by atoms with Gasteiger partial charge < -0.3 is 9.72 Å². The van der Waals surface area contributed by atoms with Crippen molar-refractivity contribution in [2.75, 3.05) is 7.11 Å². The average molecular weight is 298 g/mol. The highest BCUT2D eigenvalue weighted by atomic mass is 35.5. The predicted octanol–water partition coefficient (Wildman–Crippen LogP) is 3.96. The fourth-order valence-corrected chi connectivity index (χ4v) is 2.83. The number of ether oxygens (including phenoxy) is 1. The zero-order valence-corrected chi connectivity index (χ0v) is 12.1. The summed E-state index contributed by atoms with van der Waals surface area (Å²) in [6.07, 6.45) is 3.81. The van der Waals surface area contributed by atoms with Crippen molar-refractivity contribution in [3.05, 3.63) is 47.2 Å². The predicted molar refractivity (Wildman–Crippen MR) is 82.4 cm³/mol. The Morgan fingerprint density at radius 2 is 2.19 bits per heavy atom. The summed E-state index contributed by atoms with van der Waals surface area (Å²) in [7, 11) is 1.58. The van der Waals surface area contributed by atoms with Gasteiger partial charge in [0.25, 0.3) is 0 Å². The Morgan fingerprint density at radius 1 is 1.33 bits per heavy atom. The lowest BCUT2D eigenvalue weighted by Crippen LogP contribution is -1.92. The number of nitriles is 1. The highest BCUT2D eigenvalue weighted by Gasteiger charge is 2.15. The number of H-pyrrole nitrogens is 1. The molecule has 0 aliphatic rings. The normalized spacial score (nSPS) is 10.5. The third kappa shape index (κ3) is 2.22. The minimum atomic E-state index is 0.313. The van der Waals surface area contributed by atoms with Crippen LogP contribution in [0.4, 0.5) is 0 Å². The molecule has 0 atom stereocenters. The fraction of sp³-hybridized carbons (Fsp3) is 0.125. The second kappa shape index (κ2) is 5.47. The van der Waals surface area contributed by atoms with Crippen LogP contribution in [0.25, 0.3) is 22.0 Å². The van der Waals surface area contributed by atoms with Crippen molar-refractivity contribution < 1.29 is 4.74 Å². The van der Waals surface area contributed by atoms with Gasteiger partial charge in [-0.05, 0) is 23.8 Å². The third-order valence-corrected chi connectivity index (χ3v) is 3.78. The lowest BCUT2D eigenvalue weighted by Gasteiger charge is -2.10. The summed E-state index contributed by atoms with van der Waals surface area (Å²) in [6, 6.07) is 9.78. The molecule has 3 rings (SSSR count). The second-order valence-corrected chi connectivity index (χ2v) is 4.94. The molecule has 0 aliphatic carbocycles. The molecule has 104 valence electrons. The van der Waals surface area contributed by atoms with Crippen molar-refractivity contribution in [1.29, 1.82) is 5.26 Å². The van der Waals surface area contributed by atoms with Crippen molar-refractivity contribution in [3.63, 3.8) is 0 Å². The minimum absolute atomic E-state index is 0.313. The molecule has 2 aromatic heterocycles. The molecule has 1 aromatic carbocycles. The summed E-state index contributed by atoms with van der Waals surface area (Å²) in [4.78, 5) is 7.34. The molecule has 5 heteroatoms. The van der Waals surface area contributed by atoms with Crippen LogP contribution in [0.1, 0.15) is 5.56 Å². The van der Waals surface area contributed by atoms with E-state index in [2.05, 4.69) is 16.0 Å². The molecule has 0 bridgehead atoms. The van der Waals surface area contributed by atoms with Crippen LogP contribution in [0.15, 0.2) is 36.7 Å². The monoisotopic (exact) mass is 297 g/mol. The molecule has 21 heavy (non-hydrogen) atoms. The molecular formula is C16H12ClN3O. The lowest BCUT2D eigenvalue weighted by molar-refractivity contribution is 0.399. The van der Waals surface area contributed by atoms with Gasteiger partial charge in [0.1, 0.15) is 0 Å². The van der Waals surface area contributed by atoms with Crippen LogP contribution >= 0.6 is 11.6 Å². The second-order valence-electron chi connectivity index (χ2n) is 4.56. The van der Waals surface area contributed by atoms with E-state index in [1.807, 2.05) is 30.5 Å². The molecule has 3 aromatic rings. The Labute approximate surface area is 127 Å². The van der Waals surface area contributed by atoms with E-state index in [9.17, 15) is 0 Å². The topological polar surface area (TPSA) is 61.7 Å². The molecule has 0 spiro atoms. The van der Waals surface area contributed by atoms with E-state index in [1.165, 1.54) is 0 Å². The summed E-state index contributed by atoms with van der Waals surface area (Å²) >= 11 is 6.57. The van der Waals surface area contributed by atoms with Crippen LogP contribution in [0.3, 0.4) is 0 Å². The van der Waals surface area contributed by atoms with Crippen molar-refractivity contribution >= 4 is 22.5 Å². The molecule has 1 N–H and O–H groups in total. The SMILES string of the molecule is COc1ncccc1-c1ccc2[nH]cc(CC#N)c2c1Cl. The smallest absolute Gasteiger partial charge is 0.221 e. The van der Waals surface area contributed by atoms with Gasteiger partial charge in [-0.25, -0.2) is 4.98 Å². The van der Waals surface area contributed by atoms with Crippen molar-refractivity contribution in [3.8, 4) is 23.1 Å². The molecule has 0 radical (unpaired) electrons. The van der Waals surface area contributed by atoms with Gasteiger partial charge >= 0.3 is 0 Å². The zero-order chi connectivity index (χ0) is 14.8. The van der Waals surface area contributed by atoms with Crippen LogP contribution < -0.4 is 4.74 Å². The van der Waals surface area contributed by atoms with Gasteiger partial charge in [0, 0.05) is 34.4 Å². The number of nitrogens with one attached hydrogen (secondary N) is 1. The summed E-state index contributed by atoms with van der Waals surface area (Å²) in [6.45, 7) is 0. The summed E-state index contributed by atoms with van der Waals surface area (Å²) in [5.41, 5.74) is 3.47. The quantitative estimate of drug-likeness (QED) is 0.796. The number of rotatable bonds is 3. The summed E-state index contributed by atoms with van der Waals surface area (Å²) in [5.74, 6) is 0.524. The van der Waals surface area contributed by atoms with Gasteiger partial charge in [-0.1, -0.05) is 17.7 Å². The Balaban J connectivity index is 2.27. The van der Waals surface area contributed by atoms with Gasteiger partial charge in [-0.3, -0.25) is 0 Å². The minimum Gasteiger partial charge on any atom is -0.481 e. The number of nitrogens with zero attached hydrogens (tertiary/aromatic N) is 2. The Bertz CT molecular complexity index is 848. The number of fused-ring (bicyclic) bond motifs is 1. The van der Waals surface area contributed by atoms with E-state index < -0.39 is 0 Å². The van der Waals surface area contributed by atoms with Crippen LogP contribution in [0.2, 0.25) is 5.02 Å². The Hall–Kier alpha value is -2.51. The van der Waals surface area contributed by atoms with Crippen molar-refractivity contribution in [2.45, 2.75) is 6.42 Å². The van der Waals surface area contributed by atoms with Gasteiger partial charge in [0.05, 0.1) is 24.6 Å². The van der Waals surface area contributed by atoms with E-state index in [0.29, 0.717) is 17.3 Å². The molecule has 0 amide bonds. The maximum absolute atomic E-state index is 8.92. The van der Waals surface area contributed by atoms with Gasteiger partial charge in [-0.15, -0.1) is 0 Å². The summed E-state index contributed by atoms with van der Waals surface area (Å²) in [5, 5.41) is 10.4. The van der Waals surface area contributed by atoms with Crippen LogP contribution in [-0.4, -0.2) is 17.1 Å². The first kappa shape index (κ1) is 13.5. The lowest BCUT2D eigenvalue weighted by atomic mass is 10.0. The first-order valence-corrected chi connectivity index (χ1v) is 6.79. The first-order chi connectivity index (χ1) is 10.3. The number of aromatic amines is 1. The fourth-order valence-electron chi connectivity index (χ4n) is 2.44. The Kier molecular flexibility index (Phi) is 3.51. The molecule has 0 unspecified atom stereocenters. The third-order valence-electron chi connectivity index (χ3n) is 3.39. The zero-order valence-electron chi connectivity index (χ0n) is 11.4. The largest absolute Gasteiger partial charge is 0.481 e. The molecular weight excluding hydrogens is 286 g/mol. The number of halogens is 1. The van der Waals surface area contributed by atoms with Crippen LogP contribution in [-0.2, 0) is 6.42 Å². The maximum atomic E-state index is 8.92. The molecule has 0 saturated carbocycles. The van der Waals surface area contributed by atoms with E-state index in [-0.39, 0.29) is 0 Å². The summed E-state index contributed by atoms with van der Waals surface area (Å²) < 4.78 is 5.30. The molecule has 4 nitrogen and oxygen atoms in total. The van der Waals surface area contributed by atoms with Gasteiger partial charge in [0.2, 0.25) is 5.88 Å². The molecule has 0 saturated heterocycles. The standard InChI is InChI=1S/C16H12ClN3O/c1-21-16-12(3-2-8-19-16)11-4-5-13-14(15(11)17)10(6-7-18)9-20-13/h2-5,8-9,20H,6H2,1H3. The number of aromatic nitrogens is 2. The highest BCUT2D eigenvalue weighted by molar-refractivity contribution is 6.38. The van der Waals surface area contributed by atoms with E-state index >= 15 is 0 Å².